The summed E-state index contributed by atoms with van der Waals surface area (Å²) >= 11 is 0. The number of nitrogens with two attached hydrogens (primary N) is 1. The molecule has 0 saturated carbocycles. The van der Waals surface area contributed by atoms with Gasteiger partial charge in [0, 0.05) is 0 Å². The van der Waals surface area contributed by atoms with Crippen molar-refractivity contribution in [1.29, 1.82) is 0 Å². The Morgan fingerprint density at radius 1 is 0.842 bits per heavy atom. The first-order chi connectivity index (χ1) is 9.18. The molecule has 1 atom stereocenters. The average Bonchev–Trinajstić information content (AvgIpc) is 2.39. The summed E-state index contributed by atoms with van der Waals surface area (Å²) in [7, 11) is 0. The van der Waals surface area contributed by atoms with E-state index < -0.39 is 12.0 Å². The normalized spacial score (nSPS) is 12.5. The molecule has 1 unspecified atom stereocenters. The van der Waals surface area contributed by atoms with Gasteiger partial charge in [-0.1, -0.05) is 84.0 Å². The predicted molar refractivity (Wildman–Crippen MR) is 80.9 cm³/mol. The fraction of sp³-hybridized carbons (Fsp3) is 0.938. The van der Waals surface area contributed by atoms with Crippen LogP contribution in [0.15, 0.2) is 0 Å². The number of carbonyl (C=O) groups excluding carboxylic acids is 1. The minimum absolute atomic E-state index is 0.521. The van der Waals surface area contributed by atoms with Crippen LogP contribution >= 0.6 is 0 Å². The third-order valence-electron chi connectivity index (χ3n) is 3.66. The largest absolute Gasteiger partial charge is 0.383 e. The van der Waals surface area contributed by atoms with E-state index in [1.54, 1.807) is 0 Å². The molecule has 19 heavy (non-hydrogen) atoms. The van der Waals surface area contributed by atoms with Crippen molar-refractivity contribution < 1.29 is 9.90 Å². The maximum absolute atomic E-state index is 10.6. The molecule has 3 nitrogen and oxygen atoms in total. The Labute approximate surface area is 119 Å². The Morgan fingerprint density at radius 2 is 1.21 bits per heavy atom. The summed E-state index contributed by atoms with van der Waals surface area (Å²) in [4.78, 5) is 10.6. The van der Waals surface area contributed by atoms with Gasteiger partial charge in [-0.2, -0.15) is 0 Å². The van der Waals surface area contributed by atoms with Gasteiger partial charge in [-0.25, -0.2) is 0 Å². The number of unbranched alkanes of at least 4 members (excludes halogenated alkanes) is 11. The SMILES string of the molecule is CCCCCCCCCCCCCCC(O)C(N)=O. The first-order valence-corrected chi connectivity index (χ1v) is 8.16. The first kappa shape index (κ1) is 18.4. The van der Waals surface area contributed by atoms with Gasteiger partial charge < -0.3 is 10.8 Å². The highest BCUT2D eigenvalue weighted by Crippen LogP contribution is 2.12. The fourth-order valence-corrected chi connectivity index (χ4v) is 2.32. The Kier molecular flexibility index (Phi) is 13.4. The van der Waals surface area contributed by atoms with E-state index >= 15 is 0 Å². The zero-order valence-corrected chi connectivity index (χ0v) is 12.7. The molecule has 0 saturated heterocycles. The molecule has 0 radical (unpaired) electrons. The molecule has 1 amide bonds. The molecule has 0 heterocycles. The minimum Gasteiger partial charge on any atom is -0.383 e. The van der Waals surface area contributed by atoms with Gasteiger partial charge in [0.1, 0.15) is 6.10 Å². The van der Waals surface area contributed by atoms with E-state index in [2.05, 4.69) is 6.92 Å². The van der Waals surface area contributed by atoms with Gasteiger partial charge in [0.05, 0.1) is 0 Å². The monoisotopic (exact) mass is 271 g/mol. The molecule has 0 fully saturated rings. The Bertz CT molecular complexity index is 207. The second kappa shape index (κ2) is 13.9. The molecule has 0 aromatic rings. The van der Waals surface area contributed by atoms with Gasteiger partial charge in [-0.05, 0) is 6.42 Å². The molecule has 0 spiro atoms. The highest BCUT2D eigenvalue weighted by molar-refractivity contribution is 5.78. The summed E-state index contributed by atoms with van der Waals surface area (Å²) in [6, 6.07) is 0. The molecule has 0 aromatic heterocycles. The number of carbonyl (C=O) groups is 1. The summed E-state index contributed by atoms with van der Waals surface area (Å²) in [5.74, 6) is -0.594. The lowest BCUT2D eigenvalue weighted by Gasteiger charge is -2.05. The van der Waals surface area contributed by atoms with Crippen LogP contribution < -0.4 is 5.73 Å². The lowest BCUT2D eigenvalue weighted by atomic mass is 10.0. The van der Waals surface area contributed by atoms with Crippen molar-refractivity contribution in [2.75, 3.05) is 0 Å². The van der Waals surface area contributed by atoms with Crippen LogP contribution in [0, 0.1) is 0 Å². The molecule has 0 rings (SSSR count). The number of aliphatic hydroxyl groups excluding tert-OH is 1. The van der Waals surface area contributed by atoms with Crippen LogP contribution in [0.2, 0.25) is 0 Å². The molecule has 0 aliphatic rings. The topological polar surface area (TPSA) is 63.3 Å². The maximum atomic E-state index is 10.6. The van der Waals surface area contributed by atoms with Crippen molar-refractivity contribution in [3.05, 3.63) is 0 Å². The molecule has 114 valence electrons. The second-order valence-corrected chi connectivity index (χ2v) is 5.60. The summed E-state index contributed by atoms with van der Waals surface area (Å²) in [5.41, 5.74) is 4.99. The second-order valence-electron chi connectivity index (χ2n) is 5.60. The van der Waals surface area contributed by atoms with E-state index in [-0.39, 0.29) is 0 Å². The van der Waals surface area contributed by atoms with Crippen molar-refractivity contribution in [2.24, 2.45) is 5.73 Å². The van der Waals surface area contributed by atoms with Crippen molar-refractivity contribution in [3.8, 4) is 0 Å². The van der Waals surface area contributed by atoms with Gasteiger partial charge in [-0.15, -0.1) is 0 Å². The van der Waals surface area contributed by atoms with Crippen LogP contribution in [0.1, 0.15) is 90.4 Å². The van der Waals surface area contributed by atoms with E-state index in [0.717, 1.165) is 12.8 Å². The van der Waals surface area contributed by atoms with E-state index in [1.807, 2.05) is 0 Å². The lowest BCUT2D eigenvalue weighted by molar-refractivity contribution is -0.126. The summed E-state index contributed by atoms with van der Waals surface area (Å²) in [6.07, 6.45) is 15.0. The summed E-state index contributed by atoms with van der Waals surface area (Å²) in [5, 5.41) is 9.21. The molecular formula is C16H33NO2. The molecule has 3 N–H and O–H groups in total. The van der Waals surface area contributed by atoms with Crippen LogP contribution in [0.4, 0.5) is 0 Å². The number of aliphatic hydroxyl groups is 1. The maximum Gasteiger partial charge on any atom is 0.246 e. The molecule has 0 aliphatic carbocycles. The lowest BCUT2D eigenvalue weighted by Crippen LogP contribution is -2.27. The average molecular weight is 271 g/mol. The standard InChI is InChI=1S/C16H33NO2/c1-2-3-4-5-6-7-8-9-10-11-12-13-14-15(18)16(17)19/h15,18H,2-14H2,1H3,(H2,17,19). The third-order valence-corrected chi connectivity index (χ3v) is 3.66. The van der Waals surface area contributed by atoms with Crippen LogP contribution in [-0.2, 0) is 4.79 Å². The molecule has 0 bridgehead atoms. The summed E-state index contributed by atoms with van der Waals surface area (Å²) in [6.45, 7) is 2.25. The summed E-state index contributed by atoms with van der Waals surface area (Å²) < 4.78 is 0. The third kappa shape index (κ3) is 13.7. The Morgan fingerprint density at radius 3 is 1.58 bits per heavy atom. The highest BCUT2D eigenvalue weighted by Gasteiger charge is 2.08. The van der Waals surface area contributed by atoms with Crippen molar-refractivity contribution in [1.82, 2.24) is 0 Å². The molecule has 3 heteroatoms. The van der Waals surface area contributed by atoms with Gasteiger partial charge >= 0.3 is 0 Å². The quantitative estimate of drug-likeness (QED) is 0.470. The van der Waals surface area contributed by atoms with Gasteiger partial charge in [0.2, 0.25) is 5.91 Å². The van der Waals surface area contributed by atoms with E-state index in [4.69, 9.17) is 5.73 Å². The minimum atomic E-state index is -0.942. The van der Waals surface area contributed by atoms with Crippen molar-refractivity contribution in [2.45, 2.75) is 96.5 Å². The highest BCUT2D eigenvalue weighted by atomic mass is 16.3. The van der Waals surface area contributed by atoms with Crippen molar-refractivity contribution >= 4 is 5.91 Å². The molecule has 0 aromatic carbocycles. The number of amides is 1. The van der Waals surface area contributed by atoms with Gasteiger partial charge in [0.25, 0.3) is 0 Å². The number of rotatable bonds is 14. The number of primary amides is 1. The Hall–Kier alpha value is -0.570. The number of hydrogen-bond donors (Lipinski definition) is 2. The van der Waals surface area contributed by atoms with Crippen LogP contribution in [0.3, 0.4) is 0 Å². The fourth-order valence-electron chi connectivity index (χ4n) is 2.32. The first-order valence-electron chi connectivity index (χ1n) is 8.16. The van der Waals surface area contributed by atoms with Crippen LogP contribution in [0.25, 0.3) is 0 Å². The van der Waals surface area contributed by atoms with E-state index in [0.29, 0.717) is 6.42 Å². The zero-order valence-electron chi connectivity index (χ0n) is 12.7. The zero-order chi connectivity index (χ0) is 14.3. The smallest absolute Gasteiger partial charge is 0.246 e. The number of hydrogen-bond acceptors (Lipinski definition) is 2. The molecular weight excluding hydrogens is 238 g/mol. The van der Waals surface area contributed by atoms with Crippen molar-refractivity contribution in [3.63, 3.8) is 0 Å². The van der Waals surface area contributed by atoms with E-state index in [1.165, 1.54) is 64.2 Å². The van der Waals surface area contributed by atoms with E-state index in [9.17, 15) is 9.90 Å². The van der Waals surface area contributed by atoms with Crippen LogP contribution in [-0.4, -0.2) is 17.1 Å². The Balaban J connectivity index is 3.05. The predicted octanol–water partition coefficient (Wildman–Crippen LogP) is 3.92. The van der Waals surface area contributed by atoms with Gasteiger partial charge in [0.15, 0.2) is 0 Å². The van der Waals surface area contributed by atoms with Gasteiger partial charge in [-0.3, -0.25) is 4.79 Å². The van der Waals surface area contributed by atoms with Crippen LogP contribution in [0.5, 0.6) is 0 Å². The molecule has 0 aliphatic heterocycles.